The highest BCUT2D eigenvalue weighted by molar-refractivity contribution is 6.09. The normalized spacial score (nSPS) is 21.6. The van der Waals surface area contributed by atoms with Crippen molar-refractivity contribution in [3.05, 3.63) is 65.5 Å². The van der Waals surface area contributed by atoms with E-state index in [0.717, 1.165) is 59.3 Å². The molecule has 2 saturated heterocycles. The number of piperidine rings is 1. The van der Waals surface area contributed by atoms with Gasteiger partial charge < -0.3 is 28.6 Å². The molecule has 4 aliphatic rings. The zero-order chi connectivity index (χ0) is 40.6. The lowest BCUT2D eigenvalue weighted by Gasteiger charge is -2.46. The Kier molecular flexibility index (Phi) is 9.65. The van der Waals surface area contributed by atoms with E-state index in [1.165, 1.54) is 13.5 Å². The predicted octanol–water partition coefficient (Wildman–Crippen LogP) is 8.44. The first kappa shape index (κ1) is 38.9. The average molecular weight is 777 g/mol. The van der Waals surface area contributed by atoms with Gasteiger partial charge in [0.15, 0.2) is 0 Å². The Morgan fingerprint density at radius 1 is 0.947 bits per heavy atom. The quantitative estimate of drug-likeness (QED) is 0.170. The Balaban J connectivity index is 1.16. The van der Waals surface area contributed by atoms with Gasteiger partial charge in [0.1, 0.15) is 16.9 Å². The van der Waals surface area contributed by atoms with E-state index >= 15 is 0 Å². The Labute approximate surface area is 335 Å². The van der Waals surface area contributed by atoms with Crippen molar-refractivity contribution in [2.45, 2.75) is 117 Å². The molecule has 1 aliphatic carbocycles. The number of aromatic nitrogens is 3. The van der Waals surface area contributed by atoms with Crippen LogP contribution in [0.5, 0.6) is 11.6 Å². The molecule has 5 heterocycles. The molecule has 0 unspecified atom stereocenters. The number of methoxy groups -OCH3 is 1. The van der Waals surface area contributed by atoms with Crippen LogP contribution in [-0.4, -0.2) is 93.3 Å². The molecule has 2 aromatic carbocycles. The molecule has 2 amide bonds. The molecule has 0 radical (unpaired) electrons. The summed E-state index contributed by atoms with van der Waals surface area (Å²) in [6.45, 7) is 19.4. The summed E-state index contributed by atoms with van der Waals surface area (Å²) < 4.78 is 19.3. The maximum atomic E-state index is 15.0. The molecule has 12 nitrogen and oxygen atoms in total. The van der Waals surface area contributed by atoms with Crippen LogP contribution in [0.15, 0.2) is 48.8 Å². The van der Waals surface area contributed by atoms with E-state index in [1.807, 2.05) is 56.5 Å². The second kappa shape index (κ2) is 14.1. The van der Waals surface area contributed by atoms with E-state index < -0.39 is 17.0 Å². The van der Waals surface area contributed by atoms with Crippen molar-refractivity contribution in [2.75, 3.05) is 38.2 Å². The largest absolute Gasteiger partial charge is 0.465 e. The lowest BCUT2D eigenvalue weighted by atomic mass is 9.73. The van der Waals surface area contributed by atoms with E-state index in [0.29, 0.717) is 60.3 Å². The van der Waals surface area contributed by atoms with Crippen molar-refractivity contribution in [2.24, 2.45) is 5.41 Å². The third kappa shape index (κ3) is 7.04. The summed E-state index contributed by atoms with van der Waals surface area (Å²) in [4.78, 5) is 57.0. The van der Waals surface area contributed by atoms with Crippen LogP contribution in [0.1, 0.15) is 108 Å². The standard InChI is InChI=1S/C45H56N6O6/c1-27(2)50-26-46-36-24-35(47-39(38(36)50)56-32-12-10-28(3)33(23-32)40(52)55-9)29-11-13-34-37(20-29)51(31-21-30(22-31)49-17-14-44(7,8)25-49)41(53)45(34)15-18-48(19-16-45)42(54)57-43(4,5)6/h10-13,20,23-24,26-27,30-31H,14-19,21-22,25H2,1-9H3/t30-,31+. The van der Waals surface area contributed by atoms with Gasteiger partial charge in [-0.15, -0.1) is 0 Å². The topological polar surface area (TPSA) is 119 Å². The number of nitrogens with zero attached hydrogens (tertiary/aromatic N) is 6. The van der Waals surface area contributed by atoms with Crippen molar-refractivity contribution in [3.8, 4) is 22.9 Å². The number of esters is 1. The fourth-order valence-electron chi connectivity index (χ4n) is 9.27. The van der Waals surface area contributed by atoms with E-state index in [2.05, 4.69) is 49.6 Å². The maximum absolute atomic E-state index is 15.0. The minimum atomic E-state index is -0.725. The number of benzene rings is 2. The van der Waals surface area contributed by atoms with Gasteiger partial charge in [-0.2, -0.15) is 0 Å². The van der Waals surface area contributed by atoms with Crippen LogP contribution in [0.25, 0.3) is 22.3 Å². The van der Waals surface area contributed by atoms with Crippen LogP contribution in [0.3, 0.4) is 0 Å². The first-order chi connectivity index (χ1) is 27.0. The molecule has 302 valence electrons. The minimum absolute atomic E-state index is 0.0871. The smallest absolute Gasteiger partial charge is 0.410 e. The van der Waals surface area contributed by atoms with E-state index in [9.17, 15) is 14.4 Å². The summed E-state index contributed by atoms with van der Waals surface area (Å²) in [5.74, 6) is 0.509. The number of rotatable bonds is 7. The number of fused-ring (bicyclic) bond motifs is 3. The second-order valence-corrected chi connectivity index (χ2v) is 18.6. The summed E-state index contributed by atoms with van der Waals surface area (Å²) in [6, 6.07) is 14.2. The van der Waals surface area contributed by atoms with Crippen LogP contribution in [0.4, 0.5) is 10.5 Å². The molecule has 4 aromatic rings. The highest BCUT2D eigenvalue weighted by Gasteiger charge is 2.56. The van der Waals surface area contributed by atoms with Gasteiger partial charge in [-0.1, -0.05) is 32.0 Å². The fourth-order valence-corrected chi connectivity index (χ4v) is 9.27. The highest BCUT2D eigenvalue weighted by Crippen LogP contribution is 2.52. The maximum Gasteiger partial charge on any atom is 0.410 e. The number of likely N-dealkylation sites (tertiary alicyclic amines) is 2. The third-order valence-electron chi connectivity index (χ3n) is 12.5. The van der Waals surface area contributed by atoms with Crippen molar-refractivity contribution >= 4 is 34.7 Å². The molecule has 8 rings (SSSR count). The molecule has 3 fully saturated rings. The highest BCUT2D eigenvalue weighted by atomic mass is 16.6. The number of imidazole rings is 1. The van der Waals surface area contributed by atoms with Gasteiger partial charge >= 0.3 is 12.1 Å². The SMILES string of the molecule is COC(=O)c1cc(Oc2nc(-c3ccc4c(c3)N([C@H]3C[C@@H](N5CCC(C)(C)C5)C3)C(=O)C43CCN(C(=O)OC(C)(C)C)CC3)cc3ncn(C(C)C)c23)ccc1C. The van der Waals surface area contributed by atoms with Crippen molar-refractivity contribution < 1.29 is 28.6 Å². The van der Waals surface area contributed by atoms with Gasteiger partial charge in [0, 0.05) is 49.0 Å². The minimum Gasteiger partial charge on any atom is -0.465 e. The number of aryl methyl sites for hydroxylation is 1. The van der Waals surface area contributed by atoms with Crippen LogP contribution in [0, 0.1) is 12.3 Å². The number of anilines is 1. The zero-order valence-electron chi connectivity index (χ0n) is 34.8. The Morgan fingerprint density at radius 3 is 2.33 bits per heavy atom. The van der Waals surface area contributed by atoms with Crippen LogP contribution in [0.2, 0.25) is 0 Å². The summed E-state index contributed by atoms with van der Waals surface area (Å²) >= 11 is 0. The molecule has 3 aliphatic heterocycles. The lowest BCUT2D eigenvalue weighted by Crippen LogP contribution is -2.58. The molecular formula is C45H56N6O6. The number of carbonyl (C=O) groups is 3. The lowest BCUT2D eigenvalue weighted by molar-refractivity contribution is -0.126. The molecule has 1 saturated carbocycles. The Hall–Kier alpha value is -4.97. The van der Waals surface area contributed by atoms with Crippen molar-refractivity contribution in [1.82, 2.24) is 24.3 Å². The van der Waals surface area contributed by atoms with Gasteiger partial charge in [-0.05, 0) is 121 Å². The molecule has 12 heteroatoms. The number of pyridine rings is 1. The molecule has 0 atom stereocenters. The molecule has 0 bridgehead atoms. The molecule has 1 spiro atoms. The van der Waals surface area contributed by atoms with Gasteiger partial charge in [-0.25, -0.2) is 19.6 Å². The zero-order valence-corrected chi connectivity index (χ0v) is 34.8. The summed E-state index contributed by atoms with van der Waals surface area (Å²) in [5.41, 5.74) is 5.10. The van der Waals surface area contributed by atoms with Crippen LogP contribution < -0.4 is 9.64 Å². The van der Waals surface area contributed by atoms with Crippen molar-refractivity contribution in [1.29, 1.82) is 0 Å². The second-order valence-electron chi connectivity index (χ2n) is 18.6. The van der Waals surface area contributed by atoms with E-state index in [4.69, 9.17) is 24.2 Å². The summed E-state index contributed by atoms with van der Waals surface area (Å²) in [7, 11) is 1.36. The summed E-state index contributed by atoms with van der Waals surface area (Å²) in [5, 5.41) is 0. The first-order valence-corrected chi connectivity index (χ1v) is 20.4. The van der Waals surface area contributed by atoms with Gasteiger partial charge in [0.05, 0.1) is 35.6 Å². The fraction of sp³-hybridized carbons (Fsp3) is 0.533. The molecule has 2 aromatic heterocycles. The van der Waals surface area contributed by atoms with Gasteiger partial charge in [0.2, 0.25) is 11.8 Å². The average Bonchev–Trinajstić information content (AvgIpc) is 3.80. The Morgan fingerprint density at radius 2 is 1.68 bits per heavy atom. The number of hydrogen-bond donors (Lipinski definition) is 0. The number of hydrogen-bond acceptors (Lipinski definition) is 9. The Bertz CT molecular complexity index is 2240. The summed E-state index contributed by atoms with van der Waals surface area (Å²) in [6.07, 6.45) is 5.59. The molecule has 57 heavy (non-hydrogen) atoms. The number of ether oxygens (including phenoxy) is 3. The van der Waals surface area contributed by atoms with Crippen molar-refractivity contribution in [3.63, 3.8) is 0 Å². The van der Waals surface area contributed by atoms with Crippen LogP contribution >= 0.6 is 0 Å². The predicted molar refractivity (Wildman–Crippen MR) is 219 cm³/mol. The van der Waals surface area contributed by atoms with E-state index in [1.54, 1.807) is 17.3 Å². The molecule has 0 N–H and O–H groups in total. The third-order valence-corrected chi connectivity index (χ3v) is 12.5. The first-order valence-electron chi connectivity index (χ1n) is 20.4. The van der Waals surface area contributed by atoms with Gasteiger partial charge in [-0.3, -0.25) is 9.69 Å². The van der Waals surface area contributed by atoms with Gasteiger partial charge in [0.25, 0.3) is 0 Å². The van der Waals surface area contributed by atoms with E-state index in [-0.39, 0.29) is 24.1 Å². The number of amides is 2. The number of carbonyl (C=O) groups excluding carboxylic acids is 3. The monoisotopic (exact) mass is 776 g/mol. The molecular weight excluding hydrogens is 721 g/mol. The van der Waals surface area contributed by atoms with Crippen LogP contribution in [-0.2, 0) is 19.7 Å².